The topological polar surface area (TPSA) is 71.1 Å². The summed E-state index contributed by atoms with van der Waals surface area (Å²) in [7, 11) is 1.88. The number of hydrogen-bond acceptors (Lipinski definition) is 6. The summed E-state index contributed by atoms with van der Waals surface area (Å²) in [6, 6.07) is 14.6. The van der Waals surface area contributed by atoms with Crippen LogP contribution in [0.15, 0.2) is 42.5 Å². The lowest BCUT2D eigenvalue weighted by Gasteiger charge is -2.30. The maximum Gasteiger partial charge on any atom is 0.241 e. The van der Waals surface area contributed by atoms with E-state index in [1.54, 1.807) is 0 Å². The number of rotatable bonds is 11. The molecule has 8 heteroatoms. The summed E-state index contributed by atoms with van der Waals surface area (Å²) in [4.78, 5) is 9.34. The lowest BCUT2D eigenvalue weighted by molar-refractivity contribution is 0.0522. The maximum absolute atomic E-state index is 13.8. The zero-order chi connectivity index (χ0) is 24.6. The summed E-state index contributed by atoms with van der Waals surface area (Å²) >= 11 is 0. The Labute approximate surface area is 205 Å². The van der Waals surface area contributed by atoms with Crippen molar-refractivity contribution in [3.63, 3.8) is 0 Å². The van der Waals surface area contributed by atoms with Gasteiger partial charge in [0, 0.05) is 30.9 Å². The first-order chi connectivity index (χ1) is 17.1. The van der Waals surface area contributed by atoms with Crippen LogP contribution in [-0.4, -0.2) is 48.7 Å². The standard InChI is InChI=1S/C27H35F2N5O/c1-18-7-8-19(24(17-18)35-25(29)13-15-28)14-16-31-20-9-11-21(12-10-20)32-27-33-23-6-4-3-5-22(23)26(30-2)34-27/h3-8,17,20-21,25,31H,9-16H2,1-2H3,(H2,30,32,33,34). The molecule has 6 nitrogen and oxygen atoms in total. The van der Waals surface area contributed by atoms with Crippen LogP contribution in [0.3, 0.4) is 0 Å². The highest BCUT2D eigenvalue weighted by atomic mass is 19.2. The van der Waals surface area contributed by atoms with Crippen LogP contribution in [0.4, 0.5) is 20.5 Å². The van der Waals surface area contributed by atoms with Gasteiger partial charge in [-0.3, -0.25) is 4.39 Å². The predicted molar refractivity (Wildman–Crippen MR) is 138 cm³/mol. The highest BCUT2D eigenvalue weighted by molar-refractivity contribution is 5.89. The van der Waals surface area contributed by atoms with E-state index in [0.717, 1.165) is 66.5 Å². The molecule has 188 valence electrons. The van der Waals surface area contributed by atoms with Crippen molar-refractivity contribution in [1.82, 2.24) is 15.3 Å². The van der Waals surface area contributed by atoms with Crippen molar-refractivity contribution in [1.29, 1.82) is 0 Å². The number of fused-ring (bicyclic) bond motifs is 1. The summed E-state index contributed by atoms with van der Waals surface area (Å²) in [5, 5.41) is 11.3. The molecule has 0 spiro atoms. The Kier molecular flexibility index (Phi) is 8.69. The highest BCUT2D eigenvalue weighted by Gasteiger charge is 2.22. The Morgan fingerprint density at radius 1 is 1.06 bits per heavy atom. The molecule has 3 aromatic rings. The SMILES string of the molecule is CNc1nc(NC2CCC(NCCc3ccc(C)cc3OC(F)CCF)CC2)nc2ccccc12. The second-order valence-corrected chi connectivity index (χ2v) is 9.18. The van der Waals surface area contributed by atoms with Crippen molar-refractivity contribution in [3.8, 4) is 5.75 Å². The smallest absolute Gasteiger partial charge is 0.241 e. The minimum Gasteiger partial charge on any atom is -0.460 e. The average Bonchev–Trinajstić information content (AvgIpc) is 2.86. The minimum absolute atomic E-state index is 0.247. The van der Waals surface area contributed by atoms with Crippen LogP contribution in [0.1, 0.15) is 43.2 Å². The van der Waals surface area contributed by atoms with Gasteiger partial charge in [0.05, 0.1) is 12.2 Å². The third-order valence-electron chi connectivity index (χ3n) is 6.54. The molecule has 1 atom stereocenters. The lowest BCUT2D eigenvalue weighted by atomic mass is 9.91. The number of halogens is 2. The van der Waals surface area contributed by atoms with E-state index in [9.17, 15) is 8.78 Å². The number of nitrogens with zero attached hydrogens (tertiary/aromatic N) is 2. The van der Waals surface area contributed by atoms with Gasteiger partial charge in [-0.15, -0.1) is 0 Å². The Hall–Kier alpha value is -3.00. The number of aryl methyl sites for hydroxylation is 1. The number of nitrogens with one attached hydrogen (secondary N) is 3. The average molecular weight is 484 g/mol. The fourth-order valence-electron chi connectivity index (χ4n) is 4.63. The van der Waals surface area contributed by atoms with Crippen LogP contribution in [0.5, 0.6) is 5.75 Å². The monoisotopic (exact) mass is 483 g/mol. The van der Waals surface area contributed by atoms with Gasteiger partial charge in [0.1, 0.15) is 11.6 Å². The lowest BCUT2D eigenvalue weighted by Crippen LogP contribution is -2.38. The summed E-state index contributed by atoms with van der Waals surface area (Å²) < 4.78 is 31.6. The molecule has 0 aliphatic heterocycles. The molecule has 35 heavy (non-hydrogen) atoms. The van der Waals surface area contributed by atoms with Gasteiger partial charge in [-0.1, -0.05) is 24.3 Å². The van der Waals surface area contributed by atoms with Crippen molar-refractivity contribution in [2.24, 2.45) is 0 Å². The first-order valence-corrected chi connectivity index (χ1v) is 12.5. The molecule has 1 fully saturated rings. The van der Waals surface area contributed by atoms with Crippen molar-refractivity contribution in [2.45, 2.75) is 63.9 Å². The number of benzene rings is 2. The first kappa shape index (κ1) is 25.1. The van der Waals surface area contributed by atoms with Gasteiger partial charge < -0.3 is 20.7 Å². The van der Waals surface area contributed by atoms with Gasteiger partial charge in [0.2, 0.25) is 12.3 Å². The van der Waals surface area contributed by atoms with E-state index in [0.29, 0.717) is 23.8 Å². The van der Waals surface area contributed by atoms with Crippen LogP contribution < -0.4 is 20.7 Å². The Morgan fingerprint density at radius 3 is 2.60 bits per heavy atom. The third-order valence-corrected chi connectivity index (χ3v) is 6.54. The van der Waals surface area contributed by atoms with Gasteiger partial charge >= 0.3 is 0 Å². The zero-order valence-electron chi connectivity index (χ0n) is 20.5. The van der Waals surface area contributed by atoms with Crippen LogP contribution in [0, 0.1) is 6.92 Å². The van der Waals surface area contributed by atoms with E-state index in [4.69, 9.17) is 4.74 Å². The maximum atomic E-state index is 13.8. The molecular formula is C27H35F2N5O. The van der Waals surface area contributed by atoms with Gasteiger partial charge in [-0.2, -0.15) is 4.98 Å². The van der Waals surface area contributed by atoms with Crippen LogP contribution in [0.25, 0.3) is 10.9 Å². The predicted octanol–water partition coefficient (Wildman–Crippen LogP) is 5.57. The number of alkyl halides is 2. The van der Waals surface area contributed by atoms with Crippen molar-refractivity contribution in [2.75, 3.05) is 30.9 Å². The molecule has 1 heterocycles. The molecule has 3 N–H and O–H groups in total. The molecule has 1 aliphatic rings. The molecule has 0 bridgehead atoms. The molecule has 0 radical (unpaired) electrons. The normalized spacial score (nSPS) is 18.9. The third kappa shape index (κ3) is 6.78. The van der Waals surface area contributed by atoms with Crippen LogP contribution >= 0.6 is 0 Å². The van der Waals surface area contributed by atoms with Gasteiger partial charge in [-0.25, -0.2) is 9.37 Å². The second-order valence-electron chi connectivity index (χ2n) is 9.18. The molecule has 0 amide bonds. The molecule has 2 aromatic carbocycles. The Balaban J connectivity index is 1.26. The molecule has 4 rings (SSSR count). The zero-order valence-corrected chi connectivity index (χ0v) is 20.5. The molecule has 1 aliphatic carbocycles. The number of aromatic nitrogens is 2. The molecule has 1 unspecified atom stereocenters. The van der Waals surface area contributed by atoms with Crippen molar-refractivity contribution in [3.05, 3.63) is 53.6 Å². The molecule has 1 aromatic heterocycles. The number of anilines is 2. The number of hydrogen-bond donors (Lipinski definition) is 3. The van der Waals surface area contributed by atoms with E-state index < -0.39 is 13.0 Å². The van der Waals surface area contributed by atoms with Crippen LogP contribution in [-0.2, 0) is 6.42 Å². The molecule has 0 saturated heterocycles. The minimum atomic E-state index is -1.62. The van der Waals surface area contributed by atoms with E-state index in [2.05, 4.69) is 25.9 Å². The highest BCUT2D eigenvalue weighted by Crippen LogP contribution is 2.26. The fraction of sp³-hybridized carbons (Fsp3) is 0.481. The van der Waals surface area contributed by atoms with Crippen molar-refractivity contribution >= 4 is 22.7 Å². The quantitative estimate of drug-likeness (QED) is 0.331. The molecular weight excluding hydrogens is 448 g/mol. The van der Waals surface area contributed by atoms with Gasteiger partial charge in [0.25, 0.3) is 0 Å². The van der Waals surface area contributed by atoms with E-state index in [1.165, 1.54) is 0 Å². The van der Waals surface area contributed by atoms with Gasteiger partial charge in [-0.05, 0) is 74.9 Å². The Morgan fingerprint density at radius 2 is 1.83 bits per heavy atom. The van der Waals surface area contributed by atoms with Crippen molar-refractivity contribution < 1.29 is 13.5 Å². The summed E-state index contributed by atoms with van der Waals surface area (Å²) in [6.45, 7) is 1.99. The van der Waals surface area contributed by atoms with E-state index >= 15 is 0 Å². The summed E-state index contributed by atoms with van der Waals surface area (Å²) in [5.41, 5.74) is 2.86. The van der Waals surface area contributed by atoms with E-state index in [1.807, 2.05) is 56.4 Å². The van der Waals surface area contributed by atoms with Crippen LogP contribution in [0.2, 0.25) is 0 Å². The first-order valence-electron chi connectivity index (χ1n) is 12.5. The Bertz CT molecular complexity index is 1100. The molecule has 1 saturated carbocycles. The summed E-state index contributed by atoms with van der Waals surface area (Å²) in [6.07, 6.45) is 3.06. The summed E-state index contributed by atoms with van der Waals surface area (Å²) in [5.74, 6) is 2.00. The largest absolute Gasteiger partial charge is 0.460 e. The fourth-order valence-corrected chi connectivity index (χ4v) is 4.63. The number of para-hydroxylation sites is 1. The van der Waals surface area contributed by atoms with E-state index in [-0.39, 0.29) is 6.42 Å². The second kappa shape index (κ2) is 12.1. The van der Waals surface area contributed by atoms with Gasteiger partial charge in [0.15, 0.2) is 0 Å². The number of ether oxygens (including phenoxy) is 1.